The van der Waals surface area contributed by atoms with Crippen LogP contribution >= 0.6 is 11.8 Å². The number of thioether (sulfide) groups is 1. The van der Waals surface area contributed by atoms with Crippen molar-refractivity contribution >= 4 is 18.0 Å². The van der Waals surface area contributed by atoms with Gasteiger partial charge in [0.05, 0.1) is 0 Å². The predicted molar refractivity (Wildman–Crippen MR) is 47.8 cm³/mol. The van der Waals surface area contributed by atoms with Gasteiger partial charge in [-0.1, -0.05) is 6.42 Å². The second-order valence-electron chi connectivity index (χ2n) is 3.76. The zero-order valence-electron chi connectivity index (χ0n) is 6.88. The lowest BCUT2D eigenvalue weighted by molar-refractivity contribution is -0.109. The van der Waals surface area contributed by atoms with E-state index in [0.29, 0.717) is 10.7 Å². The van der Waals surface area contributed by atoms with Crippen LogP contribution in [0, 0.1) is 11.8 Å². The molecule has 62 valence electrons. The van der Waals surface area contributed by atoms with Crippen LogP contribution in [0.5, 0.6) is 0 Å². The Balaban J connectivity index is 1.98. The molecule has 0 bridgehead atoms. The number of carbonyl (C=O) groups is 1. The van der Waals surface area contributed by atoms with Crippen molar-refractivity contribution in [1.29, 1.82) is 0 Å². The smallest absolute Gasteiger partial charge is 0.123 e. The summed E-state index contributed by atoms with van der Waals surface area (Å²) in [4.78, 5) is 10.5. The third-order valence-electron chi connectivity index (χ3n) is 3.30. The van der Waals surface area contributed by atoms with Crippen LogP contribution in [0.1, 0.15) is 25.7 Å². The number of carbonyl (C=O) groups excluding carboxylic acids is 1. The van der Waals surface area contributed by atoms with E-state index < -0.39 is 0 Å². The van der Waals surface area contributed by atoms with Crippen LogP contribution in [0.15, 0.2) is 0 Å². The molecule has 2 fully saturated rings. The fourth-order valence-electron chi connectivity index (χ4n) is 2.22. The Hall–Kier alpha value is 0.0200. The van der Waals surface area contributed by atoms with E-state index in [1.807, 2.05) is 11.8 Å². The van der Waals surface area contributed by atoms with Crippen molar-refractivity contribution in [3.8, 4) is 0 Å². The van der Waals surface area contributed by atoms with Gasteiger partial charge in [-0.3, -0.25) is 0 Å². The van der Waals surface area contributed by atoms with Crippen molar-refractivity contribution < 1.29 is 4.79 Å². The van der Waals surface area contributed by atoms with E-state index in [2.05, 4.69) is 6.26 Å². The van der Waals surface area contributed by atoms with Crippen molar-refractivity contribution in [2.75, 3.05) is 6.26 Å². The molecular weight excluding hydrogens is 156 g/mol. The molecule has 0 saturated heterocycles. The molecule has 2 rings (SSSR count). The van der Waals surface area contributed by atoms with Crippen LogP contribution in [0.25, 0.3) is 0 Å². The van der Waals surface area contributed by atoms with Gasteiger partial charge in [0.15, 0.2) is 0 Å². The van der Waals surface area contributed by atoms with Crippen LogP contribution in [0.4, 0.5) is 0 Å². The van der Waals surface area contributed by atoms with E-state index in [1.54, 1.807) is 0 Å². The van der Waals surface area contributed by atoms with E-state index in [-0.39, 0.29) is 0 Å². The molecule has 2 unspecified atom stereocenters. The zero-order chi connectivity index (χ0) is 7.90. The normalized spacial score (nSPS) is 39.4. The molecule has 0 aromatic carbocycles. The Morgan fingerprint density at radius 3 is 2.55 bits per heavy atom. The first-order chi connectivity index (χ1) is 5.32. The van der Waals surface area contributed by atoms with E-state index in [4.69, 9.17) is 0 Å². The van der Waals surface area contributed by atoms with Crippen molar-refractivity contribution in [3.63, 3.8) is 0 Å². The lowest BCUT2D eigenvalue weighted by Gasteiger charge is -2.41. The predicted octanol–water partition coefficient (Wildman–Crippen LogP) is 2.11. The van der Waals surface area contributed by atoms with Crippen molar-refractivity contribution in [2.45, 2.75) is 30.4 Å². The minimum atomic E-state index is 0.419. The van der Waals surface area contributed by atoms with Gasteiger partial charge in [0.25, 0.3) is 0 Å². The number of hydrogen-bond acceptors (Lipinski definition) is 2. The van der Waals surface area contributed by atoms with Gasteiger partial charge in [-0.2, -0.15) is 11.8 Å². The first-order valence-corrected chi connectivity index (χ1v) is 5.55. The molecular formula is C9H14OS. The third kappa shape index (κ3) is 1.03. The summed E-state index contributed by atoms with van der Waals surface area (Å²) in [5.41, 5.74) is 0. The average Bonchev–Trinajstić information content (AvgIpc) is 2.67. The van der Waals surface area contributed by atoms with Gasteiger partial charge >= 0.3 is 0 Å². The monoisotopic (exact) mass is 170 g/mol. The molecule has 2 heteroatoms. The largest absolute Gasteiger partial charge is 0.303 e. The number of rotatable bonds is 3. The molecule has 0 heterocycles. The SMILES string of the molecule is CSC1(C2CC2C=O)CCC1. The molecule has 0 amide bonds. The first kappa shape index (κ1) is 7.66. The summed E-state index contributed by atoms with van der Waals surface area (Å²) in [7, 11) is 0. The lowest BCUT2D eigenvalue weighted by Crippen LogP contribution is -2.36. The summed E-state index contributed by atoms with van der Waals surface area (Å²) >= 11 is 1.99. The Bertz CT molecular complexity index is 169. The zero-order valence-corrected chi connectivity index (χ0v) is 7.69. The van der Waals surface area contributed by atoms with Crippen molar-refractivity contribution in [2.24, 2.45) is 11.8 Å². The molecule has 0 aromatic rings. The Kier molecular flexibility index (Phi) is 1.75. The van der Waals surface area contributed by atoms with E-state index in [9.17, 15) is 4.79 Å². The molecule has 0 N–H and O–H groups in total. The molecule has 2 aliphatic carbocycles. The van der Waals surface area contributed by atoms with Crippen LogP contribution < -0.4 is 0 Å². The Morgan fingerprint density at radius 2 is 2.27 bits per heavy atom. The highest BCUT2D eigenvalue weighted by Gasteiger charge is 2.54. The first-order valence-electron chi connectivity index (χ1n) is 4.33. The standard InChI is InChI=1S/C9H14OS/c1-11-9(3-2-4-9)8-5-7(8)6-10/h6-8H,2-5H2,1H3. The van der Waals surface area contributed by atoms with Crippen LogP contribution in [-0.2, 0) is 4.79 Å². The second-order valence-corrected chi connectivity index (χ2v) is 4.99. The van der Waals surface area contributed by atoms with Crippen LogP contribution in [-0.4, -0.2) is 17.3 Å². The Morgan fingerprint density at radius 1 is 1.55 bits per heavy atom. The van der Waals surface area contributed by atoms with Crippen LogP contribution in [0.2, 0.25) is 0 Å². The average molecular weight is 170 g/mol. The summed E-state index contributed by atoms with van der Waals surface area (Å²) in [6.45, 7) is 0. The molecule has 0 radical (unpaired) electrons. The summed E-state index contributed by atoms with van der Waals surface area (Å²) in [5.74, 6) is 1.16. The molecule has 2 atom stereocenters. The van der Waals surface area contributed by atoms with E-state index >= 15 is 0 Å². The highest BCUT2D eigenvalue weighted by Crippen LogP contribution is 2.59. The number of aldehydes is 1. The van der Waals surface area contributed by atoms with Gasteiger partial charge in [-0.05, 0) is 31.4 Å². The number of hydrogen-bond donors (Lipinski definition) is 0. The highest BCUT2D eigenvalue weighted by molar-refractivity contribution is 8.00. The maximum atomic E-state index is 10.5. The molecule has 2 aliphatic rings. The molecule has 11 heavy (non-hydrogen) atoms. The topological polar surface area (TPSA) is 17.1 Å². The van der Waals surface area contributed by atoms with Gasteiger partial charge in [0.2, 0.25) is 0 Å². The fraction of sp³-hybridized carbons (Fsp3) is 0.889. The minimum Gasteiger partial charge on any atom is -0.303 e. The molecule has 1 nitrogen and oxygen atoms in total. The maximum absolute atomic E-state index is 10.5. The minimum absolute atomic E-state index is 0.419. The van der Waals surface area contributed by atoms with Crippen molar-refractivity contribution in [3.05, 3.63) is 0 Å². The van der Waals surface area contributed by atoms with Crippen LogP contribution in [0.3, 0.4) is 0 Å². The Labute approximate surface area is 71.9 Å². The van der Waals surface area contributed by atoms with E-state index in [1.165, 1.54) is 25.7 Å². The highest BCUT2D eigenvalue weighted by atomic mass is 32.2. The lowest BCUT2D eigenvalue weighted by atomic mass is 9.79. The molecule has 2 saturated carbocycles. The third-order valence-corrected chi connectivity index (χ3v) is 4.82. The summed E-state index contributed by atoms with van der Waals surface area (Å²) in [6, 6.07) is 0. The summed E-state index contributed by atoms with van der Waals surface area (Å²) in [6.07, 6.45) is 8.60. The summed E-state index contributed by atoms with van der Waals surface area (Å²) in [5, 5.41) is 0. The van der Waals surface area contributed by atoms with Gasteiger partial charge in [0, 0.05) is 10.7 Å². The molecule has 0 spiro atoms. The second kappa shape index (κ2) is 2.51. The molecule has 0 aliphatic heterocycles. The van der Waals surface area contributed by atoms with Gasteiger partial charge < -0.3 is 4.79 Å². The quantitative estimate of drug-likeness (QED) is 0.603. The van der Waals surface area contributed by atoms with Crippen molar-refractivity contribution in [1.82, 2.24) is 0 Å². The summed E-state index contributed by atoms with van der Waals surface area (Å²) < 4.78 is 0.533. The van der Waals surface area contributed by atoms with Gasteiger partial charge in [0.1, 0.15) is 6.29 Å². The molecule has 0 aromatic heterocycles. The maximum Gasteiger partial charge on any atom is 0.123 e. The fourth-order valence-corrected chi connectivity index (χ4v) is 3.49. The van der Waals surface area contributed by atoms with Gasteiger partial charge in [-0.25, -0.2) is 0 Å². The van der Waals surface area contributed by atoms with Gasteiger partial charge in [-0.15, -0.1) is 0 Å². The van der Waals surface area contributed by atoms with E-state index in [0.717, 1.165) is 12.2 Å².